The first kappa shape index (κ1) is 9.33. The van der Waals surface area contributed by atoms with Crippen LogP contribution in [0.1, 0.15) is 0 Å². The van der Waals surface area contributed by atoms with E-state index >= 15 is 0 Å². The van der Waals surface area contributed by atoms with Crippen molar-refractivity contribution in [2.24, 2.45) is 16.1 Å². The number of azo groups is 1. The van der Waals surface area contributed by atoms with E-state index in [1.807, 2.05) is 6.08 Å². The Kier molecular flexibility index (Phi) is 2.33. The van der Waals surface area contributed by atoms with Crippen molar-refractivity contribution in [1.29, 1.82) is 0 Å². The lowest BCUT2D eigenvalue weighted by molar-refractivity contribution is -0.142. The molecule has 0 radical (unpaired) electrons. The van der Waals surface area contributed by atoms with E-state index in [1.165, 1.54) is 7.11 Å². The van der Waals surface area contributed by atoms with Crippen LogP contribution in [0, 0.1) is 5.92 Å². The fourth-order valence-electron chi connectivity index (χ4n) is 1.40. The van der Waals surface area contributed by atoms with Gasteiger partial charge in [-0.25, -0.2) is 0 Å². The number of carbonyl (C=O) groups excluding carboxylic acids is 1. The maximum absolute atomic E-state index is 11.4. The Bertz CT molecular complexity index is 407. The number of allylic oxidation sites excluding steroid dienone is 3. The molecule has 1 heterocycles. The summed E-state index contributed by atoms with van der Waals surface area (Å²) in [6, 6.07) is 0. The highest BCUT2D eigenvalue weighted by Crippen LogP contribution is 2.37. The van der Waals surface area contributed by atoms with Crippen molar-refractivity contribution in [2.75, 3.05) is 7.11 Å². The number of esters is 1. The first-order valence-electron chi connectivity index (χ1n) is 4.02. The van der Waals surface area contributed by atoms with Gasteiger partial charge in [-0.1, -0.05) is 12.2 Å². The Morgan fingerprint density at radius 1 is 1.57 bits per heavy atom. The van der Waals surface area contributed by atoms with Crippen LogP contribution in [0.5, 0.6) is 0 Å². The normalized spacial score (nSPS) is 23.6. The Balaban J connectivity index is 2.40. The molecule has 0 amide bonds. The van der Waals surface area contributed by atoms with Gasteiger partial charge in [-0.05, 0) is 22.0 Å². The number of hydrogen-bond acceptors (Lipinski definition) is 4. The third-order valence-electron chi connectivity index (χ3n) is 2.07. The molecule has 0 saturated heterocycles. The van der Waals surface area contributed by atoms with Crippen molar-refractivity contribution in [3.63, 3.8) is 0 Å². The number of halogens is 1. The van der Waals surface area contributed by atoms with Gasteiger partial charge in [-0.3, -0.25) is 4.79 Å². The minimum absolute atomic E-state index is 0.300. The van der Waals surface area contributed by atoms with Crippen LogP contribution in [0.2, 0.25) is 0 Å². The van der Waals surface area contributed by atoms with Gasteiger partial charge in [0, 0.05) is 5.57 Å². The molecule has 72 valence electrons. The number of methoxy groups -OCH3 is 1. The Hall–Kier alpha value is -1.23. The van der Waals surface area contributed by atoms with Gasteiger partial charge in [0.15, 0.2) is 0 Å². The number of nitrogens with zero attached hydrogens (tertiary/aromatic N) is 2. The summed E-state index contributed by atoms with van der Waals surface area (Å²) in [7, 11) is 1.37. The highest BCUT2D eigenvalue weighted by atomic mass is 79.9. The quantitative estimate of drug-likeness (QED) is 0.533. The van der Waals surface area contributed by atoms with Crippen molar-refractivity contribution in [3.8, 4) is 0 Å². The highest BCUT2D eigenvalue weighted by Gasteiger charge is 2.31. The van der Waals surface area contributed by atoms with Gasteiger partial charge in [-0.15, -0.1) is 10.2 Å². The predicted octanol–water partition coefficient (Wildman–Crippen LogP) is 2.30. The van der Waals surface area contributed by atoms with Crippen molar-refractivity contribution in [2.45, 2.75) is 0 Å². The van der Waals surface area contributed by atoms with E-state index in [1.54, 1.807) is 12.2 Å². The van der Waals surface area contributed by atoms with Crippen LogP contribution in [-0.4, -0.2) is 13.1 Å². The van der Waals surface area contributed by atoms with Crippen LogP contribution in [0.25, 0.3) is 0 Å². The average molecular weight is 255 g/mol. The highest BCUT2D eigenvalue weighted by molar-refractivity contribution is 9.11. The smallest absolute Gasteiger partial charge is 0.317 e. The van der Waals surface area contributed by atoms with Crippen LogP contribution in [-0.2, 0) is 9.53 Å². The lowest BCUT2D eigenvalue weighted by Crippen LogP contribution is -2.18. The molecule has 14 heavy (non-hydrogen) atoms. The summed E-state index contributed by atoms with van der Waals surface area (Å²) in [6.45, 7) is 0. The largest absolute Gasteiger partial charge is 0.468 e. The molecule has 1 atom stereocenters. The zero-order valence-electron chi connectivity index (χ0n) is 7.40. The molecule has 0 fully saturated rings. The lowest BCUT2D eigenvalue weighted by Gasteiger charge is -2.14. The van der Waals surface area contributed by atoms with Crippen molar-refractivity contribution < 1.29 is 9.53 Å². The van der Waals surface area contributed by atoms with Gasteiger partial charge in [0.2, 0.25) is 0 Å². The number of hydrogen-bond donors (Lipinski definition) is 0. The van der Waals surface area contributed by atoms with E-state index in [0.29, 0.717) is 4.61 Å². The summed E-state index contributed by atoms with van der Waals surface area (Å²) in [6.07, 6.45) is 5.36. The summed E-state index contributed by atoms with van der Waals surface area (Å²) < 4.78 is 5.29. The third-order valence-corrected chi connectivity index (χ3v) is 2.65. The monoisotopic (exact) mass is 254 g/mol. The van der Waals surface area contributed by atoms with Gasteiger partial charge >= 0.3 is 5.97 Å². The molecular weight excluding hydrogens is 248 g/mol. The molecule has 4 nitrogen and oxygen atoms in total. The fraction of sp³-hybridized carbons (Fsp3) is 0.222. The zero-order chi connectivity index (χ0) is 10.1. The molecular formula is C9H7BrN2O2. The first-order valence-corrected chi connectivity index (χ1v) is 4.81. The number of carbonyl (C=O) groups is 1. The van der Waals surface area contributed by atoms with E-state index in [4.69, 9.17) is 4.74 Å². The fourth-order valence-corrected chi connectivity index (χ4v) is 1.93. The zero-order valence-corrected chi connectivity index (χ0v) is 8.98. The average Bonchev–Trinajstić information content (AvgIpc) is 2.59. The van der Waals surface area contributed by atoms with Crippen molar-refractivity contribution >= 4 is 21.9 Å². The molecule has 1 aliphatic carbocycles. The standard InChI is InChI=1S/C9H7BrN2O2/c1-14-9(13)5-3-2-4-6-7(5)8(10)12-11-6/h2-5H,1H3/t5-/m0/s1. The van der Waals surface area contributed by atoms with E-state index in [9.17, 15) is 4.79 Å². The minimum atomic E-state index is -0.399. The molecule has 1 aliphatic heterocycles. The second kappa shape index (κ2) is 3.49. The SMILES string of the molecule is COC(=O)[C@H]1C=CC=C2N=NC(Br)=C21. The van der Waals surface area contributed by atoms with Crippen molar-refractivity contribution in [3.05, 3.63) is 34.1 Å². The number of fused-ring (bicyclic) bond motifs is 1. The first-order chi connectivity index (χ1) is 6.74. The Morgan fingerprint density at radius 3 is 3.07 bits per heavy atom. The molecule has 0 saturated carbocycles. The van der Waals surface area contributed by atoms with Gasteiger partial charge in [-0.2, -0.15) is 0 Å². The van der Waals surface area contributed by atoms with Crippen LogP contribution in [0.15, 0.2) is 44.3 Å². The van der Waals surface area contributed by atoms with E-state index in [2.05, 4.69) is 26.2 Å². The summed E-state index contributed by atoms with van der Waals surface area (Å²) in [5.41, 5.74) is 1.49. The molecule has 0 bridgehead atoms. The molecule has 0 unspecified atom stereocenters. The van der Waals surface area contributed by atoms with Crippen molar-refractivity contribution in [1.82, 2.24) is 0 Å². The van der Waals surface area contributed by atoms with Crippen LogP contribution >= 0.6 is 15.9 Å². The second-order valence-corrected chi connectivity index (χ2v) is 3.59. The number of ether oxygens (including phenoxy) is 1. The van der Waals surface area contributed by atoms with Crippen LogP contribution in [0.4, 0.5) is 0 Å². The van der Waals surface area contributed by atoms with E-state index < -0.39 is 5.92 Å². The van der Waals surface area contributed by atoms with E-state index in [-0.39, 0.29) is 5.97 Å². The molecule has 0 spiro atoms. The Labute approximate surface area is 89.2 Å². The molecule has 0 aromatic carbocycles. The Morgan fingerprint density at radius 2 is 2.36 bits per heavy atom. The molecule has 2 rings (SSSR count). The molecule has 0 N–H and O–H groups in total. The van der Waals surface area contributed by atoms with Crippen LogP contribution in [0.3, 0.4) is 0 Å². The molecule has 2 aliphatic rings. The molecule has 5 heteroatoms. The van der Waals surface area contributed by atoms with Gasteiger partial charge in [0.05, 0.1) is 12.8 Å². The topological polar surface area (TPSA) is 51.0 Å². The second-order valence-electron chi connectivity index (χ2n) is 2.84. The maximum atomic E-state index is 11.4. The number of rotatable bonds is 1. The summed E-state index contributed by atoms with van der Waals surface area (Å²) in [4.78, 5) is 11.4. The summed E-state index contributed by atoms with van der Waals surface area (Å²) in [5.74, 6) is -0.699. The lowest BCUT2D eigenvalue weighted by atomic mass is 9.93. The van der Waals surface area contributed by atoms with Gasteiger partial charge in [0.1, 0.15) is 10.5 Å². The predicted molar refractivity (Wildman–Crippen MR) is 53.5 cm³/mol. The summed E-state index contributed by atoms with van der Waals surface area (Å²) >= 11 is 3.25. The molecule has 0 aromatic heterocycles. The van der Waals surface area contributed by atoms with Crippen LogP contribution < -0.4 is 0 Å². The van der Waals surface area contributed by atoms with E-state index in [0.717, 1.165) is 11.3 Å². The van der Waals surface area contributed by atoms with Gasteiger partial charge < -0.3 is 4.74 Å². The summed E-state index contributed by atoms with van der Waals surface area (Å²) in [5, 5.41) is 7.76. The maximum Gasteiger partial charge on any atom is 0.317 e. The minimum Gasteiger partial charge on any atom is -0.468 e. The third kappa shape index (κ3) is 1.33. The molecule has 0 aromatic rings. The van der Waals surface area contributed by atoms with Gasteiger partial charge in [0.25, 0.3) is 0 Å².